The van der Waals surface area contributed by atoms with Gasteiger partial charge < -0.3 is 15.0 Å². The van der Waals surface area contributed by atoms with Gasteiger partial charge in [0.1, 0.15) is 16.4 Å². The number of fused-ring (bicyclic) bond motifs is 3. The topological polar surface area (TPSA) is 84.1 Å². The van der Waals surface area contributed by atoms with Gasteiger partial charge in [0.2, 0.25) is 0 Å². The number of carbonyl (C=O) groups excluding carboxylic acids is 1. The molecule has 2 heterocycles. The van der Waals surface area contributed by atoms with E-state index in [2.05, 4.69) is 15.3 Å². The van der Waals surface area contributed by atoms with Gasteiger partial charge in [0.15, 0.2) is 0 Å². The lowest BCUT2D eigenvalue weighted by Crippen LogP contribution is -2.11. The lowest BCUT2D eigenvalue weighted by Gasteiger charge is -2.09. The number of H-pyrrole nitrogens is 1. The Balaban J connectivity index is 1.35. The van der Waals surface area contributed by atoms with Crippen LogP contribution in [-0.4, -0.2) is 23.0 Å². The molecule has 0 unspecified atom stereocenters. The number of ether oxygens (including phenoxy) is 1. The molecule has 1 aliphatic carbocycles. The van der Waals surface area contributed by atoms with Crippen LogP contribution in [0.25, 0.3) is 22.4 Å². The number of aryl methyl sites for hydroxylation is 2. The van der Waals surface area contributed by atoms with Crippen molar-refractivity contribution in [3.63, 3.8) is 0 Å². The minimum atomic E-state index is -0.197. The summed E-state index contributed by atoms with van der Waals surface area (Å²) in [7, 11) is 1.59. The molecule has 6 nitrogen and oxygen atoms in total. The van der Waals surface area contributed by atoms with E-state index in [0.29, 0.717) is 22.8 Å². The Morgan fingerprint density at radius 2 is 1.94 bits per heavy atom. The number of nitrogens with zero attached hydrogens (tertiary/aromatic N) is 1. The first-order chi connectivity index (χ1) is 16.1. The van der Waals surface area contributed by atoms with E-state index < -0.39 is 0 Å². The molecule has 0 spiro atoms. The van der Waals surface area contributed by atoms with Crippen molar-refractivity contribution < 1.29 is 9.53 Å². The predicted molar refractivity (Wildman–Crippen MR) is 133 cm³/mol. The van der Waals surface area contributed by atoms with Gasteiger partial charge >= 0.3 is 0 Å². The summed E-state index contributed by atoms with van der Waals surface area (Å²) >= 11 is 1.64. The van der Waals surface area contributed by atoms with Gasteiger partial charge in [-0.1, -0.05) is 18.2 Å². The third-order valence-electron chi connectivity index (χ3n) is 5.77. The average molecular weight is 458 g/mol. The van der Waals surface area contributed by atoms with Crippen LogP contribution in [0.1, 0.15) is 45.0 Å². The second-order valence-electron chi connectivity index (χ2n) is 7.98. The first kappa shape index (κ1) is 21.2. The highest BCUT2D eigenvalue weighted by Gasteiger charge is 2.19. The van der Waals surface area contributed by atoms with E-state index in [1.54, 1.807) is 48.8 Å². The Hall–Kier alpha value is -3.71. The number of aromatic nitrogens is 2. The normalized spacial score (nSPS) is 13.2. The molecule has 33 heavy (non-hydrogen) atoms. The molecular formula is C26H23N3O3S. The van der Waals surface area contributed by atoms with E-state index in [4.69, 9.17) is 4.74 Å². The molecule has 0 radical (unpaired) electrons. The molecule has 7 heteroatoms. The number of benzene rings is 2. The first-order valence-corrected chi connectivity index (χ1v) is 11.7. The van der Waals surface area contributed by atoms with Gasteiger partial charge in [-0.15, -0.1) is 11.3 Å². The Labute approximate surface area is 195 Å². The van der Waals surface area contributed by atoms with Crippen molar-refractivity contribution in [1.29, 1.82) is 0 Å². The number of anilines is 1. The van der Waals surface area contributed by atoms with E-state index in [-0.39, 0.29) is 11.5 Å². The summed E-state index contributed by atoms with van der Waals surface area (Å²) in [6, 6.07) is 14.5. The molecule has 0 saturated heterocycles. The number of carbonyl (C=O) groups is 1. The van der Waals surface area contributed by atoms with Crippen LogP contribution in [0.5, 0.6) is 5.75 Å². The summed E-state index contributed by atoms with van der Waals surface area (Å²) in [4.78, 5) is 34.9. The molecule has 0 fully saturated rings. The Morgan fingerprint density at radius 1 is 1.12 bits per heavy atom. The predicted octanol–water partition coefficient (Wildman–Crippen LogP) is 5.29. The zero-order valence-electron chi connectivity index (χ0n) is 18.2. The summed E-state index contributed by atoms with van der Waals surface area (Å²) in [5.41, 5.74) is 3.23. The van der Waals surface area contributed by atoms with E-state index in [9.17, 15) is 9.59 Å². The highest BCUT2D eigenvalue weighted by atomic mass is 32.1. The van der Waals surface area contributed by atoms with Crippen LogP contribution in [0.2, 0.25) is 0 Å². The van der Waals surface area contributed by atoms with Gasteiger partial charge in [-0.05, 0) is 79.3 Å². The van der Waals surface area contributed by atoms with Crippen molar-refractivity contribution in [2.24, 2.45) is 0 Å². The van der Waals surface area contributed by atoms with Gasteiger partial charge in [-0.25, -0.2) is 4.98 Å². The summed E-state index contributed by atoms with van der Waals surface area (Å²) in [5.74, 6) is 1.03. The van der Waals surface area contributed by atoms with E-state index in [1.165, 1.54) is 16.9 Å². The zero-order valence-corrected chi connectivity index (χ0v) is 19.0. The van der Waals surface area contributed by atoms with Crippen molar-refractivity contribution in [3.05, 3.63) is 86.3 Å². The van der Waals surface area contributed by atoms with Crippen LogP contribution < -0.4 is 15.6 Å². The fraction of sp³-hybridized carbons (Fsp3) is 0.192. The highest BCUT2D eigenvalue weighted by molar-refractivity contribution is 7.18. The maximum absolute atomic E-state index is 12.7. The largest absolute Gasteiger partial charge is 0.497 e. The molecule has 2 N–H and O–H groups in total. The summed E-state index contributed by atoms with van der Waals surface area (Å²) < 4.78 is 5.13. The third kappa shape index (κ3) is 4.45. The summed E-state index contributed by atoms with van der Waals surface area (Å²) in [6.07, 6.45) is 7.98. The summed E-state index contributed by atoms with van der Waals surface area (Å²) in [6.45, 7) is 0. The van der Waals surface area contributed by atoms with Gasteiger partial charge in [0.25, 0.3) is 11.5 Å². The molecule has 5 rings (SSSR count). The number of aromatic amines is 1. The maximum Gasteiger partial charge on any atom is 0.260 e. The van der Waals surface area contributed by atoms with Crippen molar-refractivity contribution in [2.45, 2.75) is 25.7 Å². The fourth-order valence-electron chi connectivity index (χ4n) is 4.10. The molecule has 0 atom stereocenters. The Morgan fingerprint density at radius 3 is 2.76 bits per heavy atom. The molecule has 0 saturated carbocycles. The number of thiophene rings is 1. The van der Waals surface area contributed by atoms with Gasteiger partial charge in [-0.2, -0.15) is 0 Å². The van der Waals surface area contributed by atoms with Gasteiger partial charge in [-0.3, -0.25) is 9.59 Å². The second-order valence-corrected chi connectivity index (χ2v) is 9.07. The molecule has 2 aromatic carbocycles. The van der Waals surface area contributed by atoms with E-state index in [1.807, 2.05) is 30.3 Å². The average Bonchev–Trinajstić information content (AvgIpc) is 3.22. The Bertz CT molecular complexity index is 1420. The highest BCUT2D eigenvalue weighted by Crippen LogP contribution is 2.33. The first-order valence-electron chi connectivity index (χ1n) is 10.9. The van der Waals surface area contributed by atoms with Crippen molar-refractivity contribution in [2.75, 3.05) is 12.4 Å². The minimum Gasteiger partial charge on any atom is -0.497 e. The van der Waals surface area contributed by atoms with Crippen molar-refractivity contribution >= 4 is 45.3 Å². The SMILES string of the molecule is COc1ccc(C(=O)Nc2cccc(/C=C/c3nc4sc5c(c4c(=O)[nH]3)CCCC5)c2)cc1. The van der Waals surface area contributed by atoms with Crippen LogP contribution in [0, 0.1) is 0 Å². The number of rotatable bonds is 5. The monoisotopic (exact) mass is 457 g/mol. The van der Waals surface area contributed by atoms with Crippen LogP contribution in [-0.2, 0) is 12.8 Å². The van der Waals surface area contributed by atoms with Crippen LogP contribution in [0.15, 0.2) is 53.3 Å². The standard InChI is InChI=1S/C26H23N3O3S/c1-32-19-12-10-17(11-13-19)24(30)27-18-6-4-5-16(15-18)9-14-22-28-25(31)23-20-7-2-3-8-21(20)33-26(23)29-22/h4-6,9-15H,2-3,7-8H2,1H3,(H,27,30)(H,28,29,31)/b14-9+. The van der Waals surface area contributed by atoms with E-state index >= 15 is 0 Å². The smallest absolute Gasteiger partial charge is 0.260 e. The molecule has 1 aliphatic rings. The minimum absolute atomic E-state index is 0.0699. The maximum atomic E-state index is 12.7. The number of nitrogens with one attached hydrogen (secondary N) is 2. The molecule has 166 valence electrons. The summed E-state index contributed by atoms with van der Waals surface area (Å²) in [5, 5.41) is 3.67. The molecule has 1 amide bonds. The number of hydrogen-bond acceptors (Lipinski definition) is 5. The second kappa shape index (κ2) is 9.03. The van der Waals surface area contributed by atoms with Crippen molar-refractivity contribution in [3.8, 4) is 5.75 Å². The molecule has 4 aromatic rings. The Kier molecular flexibility index (Phi) is 5.79. The van der Waals surface area contributed by atoms with Crippen LogP contribution >= 0.6 is 11.3 Å². The van der Waals surface area contributed by atoms with Crippen LogP contribution in [0.3, 0.4) is 0 Å². The number of hydrogen-bond donors (Lipinski definition) is 2. The van der Waals surface area contributed by atoms with Crippen molar-refractivity contribution in [1.82, 2.24) is 9.97 Å². The fourth-order valence-corrected chi connectivity index (χ4v) is 5.37. The zero-order chi connectivity index (χ0) is 22.8. The lowest BCUT2D eigenvalue weighted by atomic mass is 9.97. The number of amides is 1. The van der Waals surface area contributed by atoms with E-state index in [0.717, 1.165) is 35.0 Å². The quantitative estimate of drug-likeness (QED) is 0.426. The van der Waals surface area contributed by atoms with Crippen LogP contribution in [0.4, 0.5) is 5.69 Å². The molecule has 2 aromatic heterocycles. The van der Waals surface area contributed by atoms with Gasteiger partial charge in [0, 0.05) is 16.1 Å². The number of methoxy groups -OCH3 is 1. The van der Waals surface area contributed by atoms with Gasteiger partial charge in [0.05, 0.1) is 12.5 Å². The lowest BCUT2D eigenvalue weighted by molar-refractivity contribution is 0.102. The molecule has 0 aliphatic heterocycles. The molecule has 0 bridgehead atoms. The third-order valence-corrected chi connectivity index (χ3v) is 6.96. The molecular weight excluding hydrogens is 434 g/mol.